The monoisotopic (exact) mass is 324 g/mol. The second-order valence-electron chi connectivity index (χ2n) is 7.31. The first-order chi connectivity index (χ1) is 11.7. The van der Waals surface area contributed by atoms with Crippen molar-refractivity contribution in [1.82, 2.24) is 9.88 Å². The molecule has 126 valence electrons. The van der Waals surface area contributed by atoms with Gasteiger partial charge in [0.25, 0.3) is 5.91 Å². The fourth-order valence-corrected chi connectivity index (χ4v) is 3.61. The zero-order valence-corrected chi connectivity index (χ0v) is 14.2. The summed E-state index contributed by atoms with van der Waals surface area (Å²) in [5, 5.41) is 10.3. The summed E-state index contributed by atoms with van der Waals surface area (Å²) in [4.78, 5) is 19.9. The third-order valence-corrected chi connectivity index (χ3v) is 5.37. The Labute approximate surface area is 142 Å². The van der Waals surface area contributed by atoms with Crippen molar-refractivity contribution in [2.24, 2.45) is 5.92 Å². The van der Waals surface area contributed by atoms with Crippen molar-refractivity contribution >= 4 is 16.8 Å². The first-order valence-electron chi connectivity index (χ1n) is 8.97. The number of aryl methyl sites for hydroxylation is 1. The number of amides is 1. The molecule has 1 aliphatic carbocycles. The maximum atomic E-state index is 13.2. The number of carbonyl (C=O) groups excluding carboxylic acids is 1. The van der Waals surface area contributed by atoms with Crippen LogP contribution in [0.4, 0.5) is 0 Å². The lowest BCUT2D eigenvalue weighted by atomic mass is 9.96. The van der Waals surface area contributed by atoms with Crippen molar-refractivity contribution in [2.45, 2.75) is 38.5 Å². The number of hydrogen-bond acceptors (Lipinski definition) is 3. The van der Waals surface area contributed by atoms with Crippen LogP contribution < -0.4 is 0 Å². The fourth-order valence-electron chi connectivity index (χ4n) is 3.61. The van der Waals surface area contributed by atoms with E-state index < -0.39 is 0 Å². The molecule has 2 aliphatic rings. The average Bonchev–Trinajstić information content (AvgIpc) is 3.45. The van der Waals surface area contributed by atoms with Crippen LogP contribution in [-0.4, -0.2) is 40.6 Å². The number of rotatable bonds is 3. The standard InChI is InChI=1S/C20H24N2O2/c1-13-2-5-18-16(10-13)17(11-19(21-18)15-3-4-15)20(24)22-8-6-14(12-23)7-9-22/h2,5,10-11,14-15,23H,3-4,6-9,12H2,1H3. The van der Waals surface area contributed by atoms with Crippen molar-refractivity contribution in [1.29, 1.82) is 0 Å². The fraction of sp³-hybridized carbons (Fsp3) is 0.500. The molecule has 2 aromatic rings. The highest BCUT2D eigenvalue weighted by molar-refractivity contribution is 6.06. The SMILES string of the molecule is Cc1ccc2nc(C3CC3)cc(C(=O)N3CCC(CO)CC3)c2c1. The van der Waals surface area contributed by atoms with E-state index in [4.69, 9.17) is 4.98 Å². The van der Waals surface area contributed by atoms with Gasteiger partial charge in [0.1, 0.15) is 0 Å². The van der Waals surface area contributed by atoms with Gasteiger partial charge in [-0.2, -0.15) is 0 Å². The van der Waals surface area contributed by atoms with E-state index in [0.29, 0.717) is 11.8 Å². The smallest absolute Gasteiger partial charge is 0.254 e. The molecule has 1 N–H and O–H groups in total. The van der Waals surface area contributed by atoms with E-state index in [1.165, 1.54) is 12.8 Å². The van der Waals surface area contributed by atoms with Gasteiger partial charge in [-0.25, -0.2) is 0 Å². The van der Waals surface area contributed by atoms with Gasteiger partial charge in [0.15, 0.2) is 0 Å². The minimum atomic E-state index is 0.117. The lowest BCUT2D eigenvalue weighted by Gasteiger charge is -2.31. The second kappa shape index (κ2) is 6.17. The molecule has 1 saturated carbocycles. The molecule has 0 atom stereocenters. The zero-order chi connectivity index (χ0) is 16.7. The predicted molar refractivity (Wildman–Crippen MR) is 94.2 cm³/mol. The molecular weight excluding hydrogens is 300 g/mol. The van der Waals surface area contributed by atoms with Gasteiger partial charge in [-0.3, -0.25) is 9.78 Å². The summed E-state index contributed by atoms with van der Waals surface area (Å²) in [5.74, 6) is 0.987. The second-order valence-corrected chi connectivity index (χ2v) is 7.31. The van der Waals surface area contributed by atoms with Crippen molar-refractivity contribution in [3.05, 3.63) is 41.1 Å². The van der Waals surface area contributed by atoms with Crippen LogP contribution >= 0.6 is 0 Å². The normalized spacial score (nSPS) is 19.0. The van der Waals surface area contributed by atoms with Gasteiger partial charge in [-0.05, 0) is 56.7 Å². The van der Waals surface area contributed by atoms with E-state index in [-0.39, 0.29) is 12.5 Å². The van der Waals surface area contributed by atoms with Crippen LogP contribution in [0.3, 0.4) is 0 Å². The molecule has 4 heteroatoms. The first-order valence-corrected chi connectivity index (χ1v) is 8.97. The molecule has 0 bridgehead atoms. The number of aromatic nitrogens is 1. The van der Waals surface area contributed by atoms with E-state index in [2.05, 4.69) is 19.1 Å². The van der Waals surface area contributed by atoms with Crippen LogP contribution in [0.1, 0.15) is 53.2 Å². The van der Waals surface area contributed by atoms with E-state index in [0.717, 1.165) is 53.7 Å². The van der Waals surface area contributed by atoms with Crippen LogP contribution in [0.15, 0.2) is 24.3 Å². The van der Waals surface area contributed by atoms with Crippen molar-refractivity contribution in [2.75, 3.05) is 19.7 Å². The molecular formula is C20H24N2O2. The summed E-state index contributed by atoms with van der Waals surface area (Å²) in [6.07, 6.45) is 4.14. The van der Waals surface area contributed by atoms with Crippen LogP contribution in [0.25, 0.3) is 10.9 Å². The zero-order valence-electron chi connectivity index (χ0n) is 14.2. The lowest BCUT2D eigenvalue weighted by molar-refractivity contribution is 0.0652. The molecule has 1 aromatic carbocycles. The summed E-state index contributed by atoms with van der Waals surface area (Å²) in [6.45, 7) is 3.75. The molecule has 0 radical (unpaired) electrons. The van der Waals surface area contributed by atoms with Gasteiger partial charge in [-0.15, -0.1) is 0 Å². The summed E-state index contributed by atoms with van der Waals surface area (Å²) < 4.78 is 0. The maximum Gasteiger partial charge on any atom is 0.254 e. The lowest BCUT2D eigenvalue weighted by Crippen LogP contribution is -2.39. The number of piperidine rings is 1. The number of hydrogen-bond donors (Lipinski definition) is 1. The minimum Gasteiger partial charge on any atom is -0.396 e. The number of likely N-dealkylation sites (tertiary alicyclic amines) is 1. The minimum absolute atomic E-state index is 0.117. The van der Waals surface area contributed by atoms with Crippen LogP contribution in [0, 0.1) is 12.8 Å². The largest absolute Gasteiger partial charge is 0.396 e. The molecule has 1 amide bonds. The highest BCUT2D eigenvalue weighted by Crippen LogP contribution is 2.40. The van der Waals surface area contributed by atoms with Gasteiger partial charge in [0.05, 0.1) is 11.1 Å². The number of aliphatic hydroxyl groups is 1. The third-order valence-electron chi connectivity index (χ3n) is 5.37. The Morgan fingerprint density at radius 3 is 2.62 bits per heavy atom. The van der Waals surface area contributed by atoms with Gasteiger partial charge >= 0.3 is 0 Å². The van der Waals surface area contributed by atoms with Gasteiger partial charge in [0, 0.05) is 36.7 Å². The molecule has 4 rings (SSSR count). The maximum absolute atomic E-state index is 13.2. The molecule has 2 heterocycles. The summed E-state index contributed by atoms with van der Waals surface area (Å²) >= 11 is 0. The van der Waals surface area contributed by atoms with Gasteiger partial charge in [0.2, 0.25) is 0 Å². The quantitative estimate of drug-likeness (QED) is 0.943. The van der Waals surface area contributed by atoms with Crippen molar-refractivity contribution in [3.63, 3.8) is 0 Å². The molecule has 0 unspecified atom stereocenters. The topological polar surface area (TPSA) is 53.4 Å². The molecule has 4 nitrogen and oxygen atoms in total. The van der Waals surface area contributed by atoms with Crippen molar-refractivity contribution < 1.29 is 9.90 Å². The summed E-state index contributed by atoms with van der Waals surface area (Å²) in [7, 11) is 0. The van der Waals surface area contributed by atoms with Gasteiger partial charge in [-0.1, -0.05) is 11.6 Å². The number of nitrogens with zero attached hydrogens (tertiary/aromatic N) is 2. The van der Waals surface area contributed by atoms with Crippen LogP contribution in [0.5, 0.6) is 0 Å². The molecule has 1 saturated heterocycles. The Morgan fingerprint density at radius 1 is 1.21 bits per heavy atom. The molecule has 24 heavy (non-hydrogen) atoms. The van der Waals surface area contributed by atoms with E-state index in [1.807, 2.05) is 17.0 Å². The van der Waals surface area contributed by atoms with Gasteiger partial charge < -0.3 is 10.0 Å². The highest BCUT2D eigenvalue weighted by atomic mass is 16.3. The average molecular weight is 324 g/mol. The Kier molecular flexibility index (Phi) is 4.01. The number of benzene rings is 1. The molecule has 1 aliphatic heterocycles. The van der Waals surface area contributed by atoms with Crippen LogP contribution in [0.2, 0.25) is 0 Å². The Morgan fingerprint density at radius 2 is 1.96 bits per heavy atom. The third kappa shape index (κ3) is 2.91. The van der Waals surface area contributed by atoms with E-state index >= 15 is 0 Å². The first kappa shape index (κ1) is 15.6. The Hall–Kier alpha value is -1.94. The number of fused-ring (bicyclic) bond motifs is 1. The van der Waals surface area contributed by atoms with E-state index in [1.54, 1.807) is 0 Å². The van der Waals surface area contributed by atoms with Crippen molar-refractivity contribution in [3.8, 4) is 0 Å². The van der Waals surface area contributed by atoms with E-state index in [9.17, 15) is 9.90 Å². The Bertz CT molecular complexity index is 775. The van der Waals surface area contributed by atoms with Crippen LogP contribution in [-0.2, 0) is 0 Å². The predicted octanol–water partition coefficient (Wildman–Crippen LogP) is 3.27. The number of pyridine rings is 1. The Balaban J connectivity index is 1.71. The number of carbonyl (C=O) groups is 1. The summed E-state index contributed by atoms with van der Waals surface area (Å²) in [5.41, 5.74) is 3.95. The number of aliphatic hydroxyl groups excluding tert-OH is 1. The summed E-state index contributed by atoms with van der Waals surface area (Å²) in [6, 6.07) is 8.20. The highest BCUT2D eigenvalue weighted by Gasteiger charge is 2.29. The molecule has 1 aromatic heterocycles. The molecule has 0 spiro atoms. The molecule has 2 fully saturated rings.